The maximum Gasteiger partial charge on any atom is 0.255 e. The van der Waals surface area contributed by atoms with E-state index in [0.717, 1.165) is 43.0 Å². The second kappa shape index (κ2) is 9.25. The smallest absolute Gasteiger partial charge is 0.255 e. The minimum absolute atomic E-state index is 0.122. The number of para-hydroxylation sites is 1. The summed E-state index contributed by atoms with van der Waals surface area (Å²) >= 11 is 1.71. The first-order valence-electron chi connectivity index (χ1n) is 11.3. The van der Waals surface area contributed by atoms with E-state index in [9.17, 15) is 4.79 Å². The van der Waals surface area contributed by atoms with Gasteiger partial charge in [0.15, 0.2) is 0 Å². The van der Waals surface area contributed by atoms with E-state index in [4.69, 9.17) is 9.47 Å². The van der Waals surface area contributed by atoms with Gasteiger partial charge in [-0.2, -0.15) is 0 Å². The number of ether oxygens (including phenoxy) is 2. The Morgan fingerprint density at radius 2 is 1.91 bits per heavy atom. The zero-order chi connectivity index (χ0) is 22.8. The summed E-state index contributed by atoms with van der Waals surface area (Å²) in [6, 6.07) is 15.6. The van der Waals surface area contributed by atoms with Crippen molar-refractivity contribution in [3.8, 4) is 5.75 Å². The summed E-state index contributed by atoms with van der Waals surface area (Å²) in [4.78, 5) is 20.2. The molecule has 1 amide bonds. The molecule has 0 unspecified atom stereocenters. The van der Waals surface area contributed by atoms with Gasteiger partial charge < -0.3 is 14.8 Å². The lowest BCUT2D eigenvalue weighted by atomic mass is 9.72. The normalized spacial score (nSPS) is 21.6. The molecule has 0 radical (unpaired) electrons. The molecule has 2 heterocycles. The zero-order valence-electron chi connectivity index (χ0n) is 19.0. The monoisotopic (exact) mass is 463 g/mol. The van der Waals surface area contributed by atoms with E-state index in [1.165, 1.54) is 5.56 Å². The largest absolute Gasteiger partial charge is 0.496 e. The topological polar surface area (TPSA) is 63.7 Å². The Morgan fingerprint density at radius 1 is 1.15 bits per heavy atom. The fourth-order valence-electron chi connectivity index (χ4n) is 5.61. The van der Waals surface area contributed by atoms with Crippen molar-refractivity contribution < 1.29 is 14.3 Å². The van der Waals surface area contributed by atoms with Crippen LogP contribution in [0.15, 0.2) is 60.1 Å². The van der Waals surface area contributed by atoms with E-state index in [1.807, 2.05) is 35.8 Å². The van der Waals surface area contributed by atoms with Crippen LogP contribution in [-0.4, -0.2) is 49.2 Å². The zero-order valence-corrected chi connectivity index (χ0v) is 19.8. The molecule has 7 heteroatoms. The molecule has 1 aliphatic heterocycles. The number of hydrogen-bond donors (Lipinski definition) is 1. The molecule has 2 aromatic carbocycles. The van der Waals surface area contributed by atoms with Gasteiger partial charge in [0, 0.05) is 24.1 Å². The third kappa shape index (κ3) is 3.94. The number of benzene rings is 2. The van der Waals surface area contributed by atoms with E-state index in [1.54, 1.807) is 31.6 Å². The van der Waals surface area contributed by atoms with E-state index >= 15 is 0 Å². The number of methoxy groups -OCH3 is 2. The molecule has 1 fully saturated rings. The Balaban J connectivity index is 1.41. The first kappa shape index (κ1) is 22.1. The van der Waals surface area contributed by atoms with Crippen molar-refractivity contribution in [3.63, 3.8) is 0 Å². The SMILES string of the molecule is COc1ccccc1C(=O)N[C@H]1c2ccccc2C2(CCN(Cc3nccs3)CC2)[C@@H]1OC. The van der Waals surface area contributed by atoms with Gasteiger partial charge in [-0.1, -0.05) is 36.4 Å². The molecule has 1 N–H and O–H groups in total. The molecule has 6 nitrogen and oxygen atoms in total. The Morgan fingerprint density at radius 3 is 2.64 bits per heavy atom. The standard InChI is InChI=1S/C26H29N3O3S/c1-31-21-10-6-4-8-19(21)25(30)28-23-18-7-3-5-9-20(18)26(24(23)32-2)11-14-29(15-12-26)17-22-27-13-16-33-22/h3-10,13,16,23-24H,11-12,14-15,17H2,1-2H3,(H,28,30)/t23-,24+/m0/s1. The van der Waals surface area contributed by atoms with E-state index < -0.39 is 0 Å². The molecule has 1 saturated heterocycles. The predicted octanol–water partition coefficient (Wildman–Crippen LogP) is 4.19. The van der Waals surface area contributed by atoms with Crippen molar-refractivity contribution in [1.29, 1.82) is 0 Å². The van der Waals surface area contributed by atoms with Crippen LogP contribution in [0.5, 0.6) is 5.75 Å². The number of carbonyl (C=O) groups is 1. The lowest BCUT2D eigenvalue weighted by Crippen LogP contribution is -2.50. The van der Waals surface area contributed by atoms with E-state index in [-0.39, 0.29) is 23.5 Å². The Kier molecular flexibility index (Phi) is 6.19. The van der Waals surface area contributed by atoms with Crippen LogP contribution in [0.25, 0.3) is 0 Å². The van der Waals surface area contributed by atoms with Crippen molar-refractivity contribution in [2.45, 2.75) is 36.9 Å². The Hall–Kier alpha value is -2.74. The van der Waals surface area contributed by atoms with Gasteiger partial charge in [-0.15, -0.1) is 11.3 Å². The van der Waals surface area contributed by atoms with Crippen LogP contribution < -0.4 is 10.1 Å². The van der Waals surface area contributed by atoms with Crippen LogP contribution in [0.2, 0.25) is 0 Å². The molecule has 172 valence electrons. The molecule has 3 aromatic rings. The highest BCUT2D eigenvalue weighted by atomic mass is 32.1. The summed E-state index contributed by atoms with van der Waals surface area (Å²) in [7, 11) is 3.35. The predicted molar refractivity (Wildman–Crippen MR) is 129 cm³/mol. The number of piperidine rings is 1. The summed E-state index contributed by atoms with van der Waals surface area (Å²) in [5.74, 6) is 0.424. The molecule has 1 aliphatic carbocycles. The second-order valence-corrected chi connectivity index (χ2v) is 9.73. The average molecular weight is 464 g/mol. The molecule has 5 rings (SSSR count). The van der Waals surface area contributed by atoms with Crippen LogP contribution in [0.4, 0.5) is 0 Å². The highest BCUT2D eigenvalue weighted by molar-refractivity contribution is 7.09. The number of likely N-dealkylation sites (tertiary alicyclic amines) is 1. The molecular weight excluding hydrogens is 434 g/mol. The number of nitrogens with one attached hydrogen (secondary N) is 1. The van der Waals surface area contributed by atoms with Crippen LogP contribution in [0.1, 0.15) is 45.4 Å². The quantitative estimate of drug-likeness (QED) is 0.594. The molecular formula is C26H29N3O3S. The summed E-state index contributed by atoms with van der Waals surface area (Å²) in [5, 5.41) is 6.47. The lowest BCUT2D eigenvalue weighted by Gasteiger charge is -2.44. The third-order valence-corrected chi connectivity index (χ3v) is 7.93. The summed E-state index contributed by atoms with van der Waals surface area (Å²) in [5.41, 5.74) is 2.87. The minimum atomic E-state index is -0.214. The van der Waals surface area contributed by atoms with Crippen molar-refractivity contribution >= 4 is 17.2 Å². The van der Waals surface area contributed by atoms with Gasteiger partial charge in [-0.25, -0.2) is 4.98 Å². The van der Waals surface area contributed by atoms with Crippen molar-refractivity contribution in [1.82, 2.24) is 15.2 Å². The first-order valence-corrected chi connectivity index (χ1v) is 12.2. The highest BCUT2D eigenvalue weighted by Gasteiger charge is 2.54. The summed E-state index contributed by atoms with van der Waals surface area (Å²) < 4.78 is 11.6. The average Bonchev–Trinajstić information content (AvgIpc) is 3.45. The van der Waals surface area contributed by atoms with Crippen LogP contribution in [0.3, 0.4) is 0 Å². The molecule has 33 heavy (non-hydrogen) atoms. The van der Waals surface area contributed by atoms with Gasteiger partial charge >= 0.3 is 0 Å². The van der Waals surface area contributed by atoms with Crippen molar-refractivity contribution in [2.24, 2.45) is 0 Å². The number of thiazole rings is 1. The Bertz CT molecular complexity index is 1110. The number of carbonyl (C=O) groups excluding carboxylic acids is 1. The van der Waals surface area contributed by atoms with Gasteiger partial charge in [0.05, 0.1) is 31.4 Å². The number of fused-ring (bicyclic) bond motifs is 2. The van der Waals surface area contributed by atoms with Crippen LogP contribution >= 0.6 is 11.3 Å². The van der Waals surface area contributed by atoms with E-state index in [0.29, 0.717) is 11.3 Å². The lowest BCUT2D eigenvalue weighted by molar-refractivity contribution is -0.0122. The maximum atomic E-state index is 13.3. The second-order valence-electron chi connectivity index (χ2n) is 8.75. The summed E-state index contributed by atoms with van der Waals surface area (Å²) in [6.45, 7) is 2.84. The number of hydrogen-bond acceptors (Lipinski definition) is 6. The number of amides is 1. The number of nitrogens with zero attached hydrogens (tertiary/aromatic N) is 2. The van der Waals surface area contributed by atoms with Crippen molar-refractivity contribution in [3.05, 3.63) is 81.8 Å². The fraction of sp³-hybridized carbons (Fsp3) is 0.385. The third-order valence-electron chi connectivity index (χ3n) is 7.16. The first-order chi connectivity index (χ1) is 16.2. The van der Waals surface area contributed by atoms with Gasteiger partial charge in [-0.05, 0) is 49.2 Å². The van der Waals surface area contributed by atoms with Crippen molar-refractivity contribution in [2.75, 3.05) is 27.3 Å². The molecule has 2 atom stereocenters. The van der Waals surface area contributed by atoms with Gasteiger partial charge in [-0.3, -0.25) is 9.69 Å². The van der Waals surface area contributed by atoms with Gasteiger partial charge in [0.1, 0.15) is 10.8 Å². The number of aromatic nitrogens is 1. The molecule has 1 spiro atoms. The van der Waals surface area contributed by atoms with Gasteiger partial charge in [0.2, 0.25) is 0 Å². The molecule has 2 aliphatic rings. The van der Waals surface area contributed by atoms with E-state index in [2.05, 4.69) is 33.4 Å². The highest BCUT2D eigenvalue weighted by Crippen LogP contribution is 2.52. The van der Waals surface area contributed by atoms with Crippen LogP contribution in [0, 0.1) is 0 Å². The minimum Gasteiger partial charge on any atom is -0.496 e. The molecule has 1 aromatic heterocycles. The maximum absolute atomic E-state index is 13.3. The number of rotatable bonds is 6. The van der Waals surface area contributed by atoms with Gasteiger partial charge in [0.25, 0.3) is 5.91 Å². The summed E-state index contributed by atoms with van der Waals surface area (Å²) in [6.07, 6.45) is 3.70. The molecule has 0 saturated carbocycles. The molecule has 0 bridgehead atoms. The fourth-order valence-corrected chi connectivity index (χ4v) is 6.27. The van der Waals surface area contributed by atoms with Crippen LogP contribution in [-0.2, 0) is 16.7 Å². The Labute approximate surface area is 198 Å².